The molecule has 1 aromatic rings. The molecule has 0 aliphatic carbocycles. The smallest absolute Gasteiger partial charge is 0.0612 e. The molecule has 0 aliphatic heterocycles. The lowest BCUT2D eigenvalue weighted by atomic mass is 10.2. The first kappa shape index (κ1) is 11.6. The Bertz CT molecular complexity index is 302. The summed E-state index contributed by atoms with van der Waals surface area (Å²) in [6.45, 7) is 2.75. The Hall–Kier alpha value is -0.440. The molecule has 3 N–H and O–H groups in total. The van der Waals surface area contributed by atoms with Gasteiger partial charge < -0.3 is 11.1 Å². The number of benzene rings is 1. The largest absolute Gasteiger partial charge is 0.382 e. The number of hydrogen-bond acceptors (Lipinski definition) is 2. The van der Waals surface area contributed by atoms with Crippen LogP contribution in [0.4, 0.5) is 5.69 Å². The minimum Gasteiger partial charge on any atom is -0.382 e. The normalized spacial score (nSPS) is 12.6. The molecule has 0 saturated carbocycles. The van der Waals surface area contributed by atoms with Crippen molar-refractivity contribution >= 4 is 28.9 Å². The predicted molar refractivity (Wildman–Crippen MR) is 63.2 cm³/mol. The van der Waals surface area contributed by atoms with Gasteiger partial charge >= 0.3 is 0 Å². The quantitative estimate of drug-likeness (QED) is 0.838. The average Bonchev–Trinajstić information content (AvgIpc) is 2.12. The standard InChI is InChI=1S/C10H14Cl2N2/c1-7(4-5-13)14-8-2-3-9(11)10(12)6-8/h2-3,6-7,14H,4-5,13H2,1H3. The van der Waals surface area contributed by atoms with Crippen molar-refractivity contribution in [2.75, 3.05) is 11.9 Å². The third-order valence-electron chi connectivity index (χ3n) is 1.93. The molecule has 78 valence electrons. The van der Waals surface area contributed by atoms with Crippen LogP contribution in [-0.2, 0) is 0 Å². The Morgan fingerprint density at radius 1 is 1.36 bits per heavy atom. The van der Waals surface area contributed by atoms with Crippen LogP contribution in [0.5, 0.6) is 0 Å². The summed E-state index contributed by atoms with van der Waals surface area (Å²) in [5.41, 5.74) is 6.42. The summed E-state index contributed by atoms with van der Waals surface area (Å²) in [6, 6.07) is 5.84. The molecule has 0 fully saturated rings. The molecule has 0 amide bonds. The zero-order valence-corrected chi connectivity index (χ0v) is 9.57. The summed E-state index contributed by atoms with van der Waals surface area (Å²) in [5.74, 6) is 0. The zero-order chi connectivity index (χ0) is 10.6. The van der Waals surface area contributed by atoms with Gasteiger partial charge in [-0.3, -0.25) is 0 Å². The van der Waals surface area contributed by atoms with Gasteiger partial charge in [0.15, 0.2) is 0 Å². The van der Waals surface area contributed by atoms with Crippen LogP contribution < -0.4 is 11.1 Å². The van der Waals surface area contributed by atoms with Crippen molar-refractivity contribution in [3.8, 4) is 0 Å². The summed E-state index contributed by atoms with van der Waals surface area (Å²) < 4.78 is 0. The molecule has 1 aromatic carbocycles. The van der Waals surface area contributed by atoms with E-state index < -0.39 is 0 Å². The van der Waals surface area contributed by atoms with Crippen LogP contribution in [0.1, 0.15) is 13.3 Å². The lowest BCUT2D eigenvalue weighted by molar-refractivity contribution is 0.717. The third kappa shape index (κ3) is 3.37. The van der Waals surface area contributed by atoms with Crippen LogP contribution in [0.2, 0.25) is 10.0 Å². The van der Waals surface area contributed by atoms with E-state index in [0.717, 1.165) is 12.1 Å². The van der Waals surface area contributed by atoms with Gasteiger partial charge in [0.05, 0.1) is 10.0 Å². The lowest BCUT2D eigenvalue weighted by Gasteiger charge is -2.14. The van der Waals surface area contributed by atoms with Crippen LogP contribution in [0, 0.1) is 0 Å². The van der Waals surface area contributed by atoms with Gasteiger partial charge in [-0.25, -0.2) is 0 Å². The van der Waals surface area contributed by atoms with Gasteiger partial charge in [0.25, 0.3) is 0 Å². The van der Waals surface area contributed by atoms with E-state index in [1.807, 2.05) is 12.1 Å². The minimum absolute atomic E-state index is 0.345. The topological polar surface area (TPSA) is 38.0 Å². The van der Waals surface area contributed by atoms with E-state index in [-0.39, 0.29) is 0 Å². The molecule has 0 aromatic heterocycles. The molecule has 0 aliphatic rings. The number of nitrogens with one attached hydrogen (secondary N) is 1. The molecule has 0 bridgehead atoms. The van der Waals surface area contributed by atoms with E-state index in [9.17, 15) is 0 Å². The highest BCUT2D eigenvalue weighted by molar-refractivity contribution is 6.42. The maximum atomic E-state index is 5.88. The first-order valence-electron chi connectivity index (χ1n) is 4.55. The van der Waals surface area contributed by atoms with E-state index >= 15 is 0 Å². The Balaban J connectivity index is 2.63. The zero-order valence-electron chi connectivity index (χ0n) is 8.06. The second kappa shape index (κ2) is 5.44. The van der Waals surface area contributed by atoms with E-state index in [0.29, 0.717) is 22.6 Å². The maximum Gasteiger partial charge on any atom is 0.0612 e. The van der Waals surface area contributed by atoms with Gasteiger partial charge in [-0.1, -0.05) is 23.2 Å². The van der Waals surface area contributed by atoms with Gasteiger partial charge in [-0.2, -0.15) is 0 Å². The first-order chi connectivity index (χ1) is 6.63. The second-order valence-corrected chi connectivity index (χ2v) is 4.07. The van der Waals surface area contributed by atoms with Crippen molar-refractivity contribution < 1.29 is 0 Å². The fourth-order valence-electron chi connectivity index (χ4n) is 1.19. The van der Waals surface area contributed by atoms with Crippen LogP contribution >= 0.6 is 23.2 Å². The van der Waals surface area contributed by atoms with Crippen LogP contribution in [0.15, 0.2) is 18.2 Å². The van der Waals surface area contributed by atoms with Crippen molar-refractivity contribution in [1.82, 2.24) is 0 Å². The summed E-state index contributed by atoms with van der Waals surface area (Å²) in [4.78, 5) is 0. The molecule has 1 rings (SSSR count). The molecule has 0 spiro atoms. The lowest BCUT2D eigenvalue weighted by Crippen LogP contribution is -2.19. The predicted octanol–water partition coefficient (Wildman–Crippen LogP) is 3.14. The molecular weight excluding hydrogens is 219 g/mol. The van der Waals surface area contributed by atoms with Gasteiger partial charge in [-0.15, -0.1) is 0 Å². The fraction of sp³-hybridized carbons (Fsp3) is 0.400. The molecule has 0 saturated heterocycles. The Kier molecular flexibility index (Phi) is 4.52. The van der Waals surface area contributed by atoms with Crippen molar-refractivity contribution in [2.24, 2.45) is 5.73 Å². The first-order valence-corrected chi connectivity index (χ1v) is 5.30. The molecular formula is C10H14Cl2N2. The van der Waals surface area contributed by atoms with Crippen molar-refractivity contribution in [1.29, 1.82) is 0 Å². The number of rotatable bonds is 4. The molecule has 1 atom stereocenters. The van der Waals surface area contributed by atoms with Gasteiger partial charge in [0.1, 0.15) is 0 Å². The fourth-order valence-corrected chi connectivity index (χ4v) is 1.49. The summed E-state index contributed by atoms with van der Waals surface area (Å²) in [7, 11) is 0. The van der Waals surface area contributed by atoms with Gasteiger partial charge in [-0.05, 0) is 38.1 Å². The maximum absolute atomic E-state index is 5.88. The molecule has 14 heavy (non-hydrogen) atoms. The van der Waals surface area contributed by atoms with E-state index in [1.54, 1.807) is 6.07 Å². The van der Waals surface area contributed by atoms with Crippen molar-refractivity contribution in [3.05, 3.63) is 28.2 Å². The number of halogens is 2. The van der Waals surface area contributed by atoms with Crippen LogP contribution in [0.3, 0.4) is 0 Å². The highest BCUT2D eigenvalue weighted by Crippen LogP contribution is 2.25. The number of hydrogen-bond donors (Lipinski definition) is 2. The summed E-state index contributed by atoms with van der Waals surface area (Å²) in [6.07, 6.45) is 0.931. The molecule has 1 unspecified atom stereocenters. The monoisotopic (exact) mass is 232 g/mol. The summed E-state index contributed by atoms with van der Waals surface area (Å²) in [5, 5.41) is 4.43. The molecule has 0 radical (unpaired) electrons. The van der Waals surface area contributed by atoms with E-state index in [2.05, 4.69) is 12.2 Å². The summed E-state index contributed by atoms with van der Waals surface area (Å²) >= 11 is 11.7. The van der Waals surface area contributed by atoms with Crippen LogP contribution in [0.25, 0.3) is 0 Å². The SMILES string of the molecule is CC(CCN)Nc1ccc(Cl)c(Cl)c1. The van der Waals surface area contributed by atoms with Gasteiger partial charge in [0, 0.05) is 11.7 Å². The van der Waals surface area contributed by atoms with E-state index in [4.69, 9.17) is 28.9 Å². The Morgan fingerprint density at radius 3 is 2.64 bits per heavy atom. The Morgan fingerprint density at radius 2 is 2.07 bits per heavy atom. The minimum atomic E-state index is 0.345. The number of nitrogens with two attached hydrogens (primary N) is 1. The van der Waals surface area contributed by atoms with E-state index in [1.165, 1.54) is 0 Å². The highest BCUT2D eigenvalue weighted by atomic mass is 35.5. The Labute approximate surface area is 94.4 Å². The molecule has 2 nitrogen and oxygen atoms in total. The molecule has 4 heteroatoms. The average molecular weight is 233 g/mol. The van der Waals surface area contributed by atoms with Gasteiger partial charge in [0.2, 0.25) is 0 Å². The second-order valence-electron chi connectivity index (χ2n) is 3.25. The highest BCUT2D eigenvalue weighted by Gasteiger charge is 2.02. The van der Waals surface area contributed by atoms with Crippen molar-refractivity contribution in [3.63, 3.8) is 0 Å². The third-order valence-corrected chi connectivity index (χ3v) is 2.67. The molecule has 0 heterocycles. The van der Waals surface area contributed by atoms with Crippen LogP contribution in [-0.4, -0.2) is 12.6 Å². The van der Waals surface area contributed by atoms with Crippen molar-refractivity contribution in [2.45, 2.75) is 19.4 Å². The number of anilines is 1.